The fourth-order valence-electron chi connectivity index (χ4n) is 3.80. The van der Waals surface area contributed by atoms with Gasteiger partial charge >= 0.3 is 6.03 Å². The lowest BCUT2D eigenvalue weighted by Gasteiger charge is -2.38. The van der Waals surface area contributed by atoms with E-state index in [2.05, 4.69) is 31.4 Å². The molecule has 3 atom stereocenters. The van der Waals surface area contributed by atoms with Crippen molar-refractivity contribution < 1.29 is 13.2 Å². The third-order valence-corrected chi connectivity index (χ3v) is 6.94. The maximum Gasteiger partial charge on any atom is 0.315 e. The average molecular weight is 330 g/mol. The molecule has 128 valence electrons. The normalized spacial score (nSPS) is 32.6. The van der Waals surface area contributed by atoms with Gasteiger partial charge in [-0.1, -0.05) is 27.2 Å². The summed E-state index contributed by atoms with van der Waals surface area (Å²) in [6.45, 7) is 6.69. The van der Waals surface area contributed by atoms with Crippen LogP contribution in [-0.2, 0) is 9.84 Å². The first-order chi connectivity index (χ1) is 10.3. The molecule has 1 aliphatic carbocycles. The number of sulfone groups is 1. The number of carbonyl (C=O) groups is 1. The molecule has 0 aromatic carbocycles. The molecule has 5 nitrogen and oxygen atoms in total. The molecule has 0 bridgehead atoms. The van der Waals surface area contributed by atoms with Gasteiger partial charge in [-0.3, -0.25) is 0 Å². The lowest BCUT2D eigenvalue weighted by atomic mass is 9.74. The first-order valence-corrected chi connectivity index (χ1v) is 10.4. The second kappa shape index (κ2) is 7.20. The Morgan fingerprint density at radius 3 is 2.27 bits per heavy atom. The van der Waals surface area contributed by atoms with Crippen LogP contribution in [0.5, 0.6) is 0 Å². The van der Waals surface area contributed by atoms with Gasteiger partial charge in [0.15, 0.2) is 0 Å². The van der Waals surface area contributed by atoms with Crippen molar-refractivity contribution in [1.29, 1.82) is 0 Å². The molecule has 0 aromatic heterocycles. The summed E-state index contributed by atoms with van der Waals surface area (Å²) in [5.74, 6) is 2.13. The number of nitrogens with one attached hydrogen (secondary N) is 2. The monoisotopic (exact) mass is 330 g/mol. The van der Waals surface area contributed by atoms with Crippen LogP contribution in [-0.4, -0.2) is 38.0 Å². The van der Waals surface area contributed by atoms with E-state index in [-0.39, 0.29) is 29.6 Å². The minimum absolute atomic E-state index is 0.0120. The van der Waals surface area contributed by atoms with Gasteiger partial charge in [0.1, 0.15) is 9.84 Å². The third-order valence-electron chi connectivity index (χ3n) is 5.23. The molecule has 0 spiro atoms. The van der Waals surface area contributed by atoms with E-state index in [1.807, 2.05) is 0 Å². The van der Waals surface area contributed by atoms with Crippen molar-refractivity contribution in [3.63, 3.8) is 0 Å². The Bertz CT molecular complexity index is 476. The Morgan fingerprint density at radius 2 is 1.68 bits per heavy atom. The molecule has 2 amide bonds. The van der Waals surface area contributed by atoms with Crippen molar-refractivity contribution in [3.8, 4) is 0 Å². The van der Waals surface area contributed by atoms with Gasteiger partial charge in [-0.15, -0.1) is 0 Å². The number of rotatable bonds is 3. The molecule has 2 N–H and O–H groups in total. The number of carbonyl (C=O) groups excluding carboxylic acids is 1. The van der Waals surface area contributed by atoms with Crippen LogP contribution >= 0.6 is 0 Å². The maximum absolute atomic E-state index is 12.2. The summed E-state index contributed by atoms with van der Waals surface area (Å²) < 4.78 is 22.8. The van der Waals surface area contributed by atoms with Crippen molar-refractivity contribution in [3.05, 3.63) is 0 Å². The lowest BCUT2D eigenvalue weighted by molar-refractivity contribution is 0.167. The lowest BCUT2D eigenvalue weighted by Crippen LogP contribution is -2.52. The van der Waals surface area contributed by atoms with E-state index in [0.717, 1.165) is 6.42 Å². The topological polar surface area (TPSA) is 75.3 Å². The largest absolute Gasteiger partial charge is 0.335 e. The molecule has 6 heteroatoms. The molecule has 1 saturated carbocycles. The van der Waals surface area contributed by atoms with Crippen LogP contribution in [0.3, 0.4) is 0 Å². The Labute approximate surface area is 134 Å². The fourth-order valence-corrected chi connectivity index (χ4v) is 5.29. The van der Waals surface area contributed by atoms with E-state index >= 15 is 0 Å². The van der Waals surface area contributed by atoms with E-state index in [1.165, 1.54) is 12.8 Å². The van der Waals surface area contributed by atoms with Crippen molar-refractivity contribution in [2.45, 2.75) is 65.0 Å². The van der Waals surface area contributed by atoms with E-state index in [4.69, 9.17) is 0 Å². The zero-order valence-corrected chi connectivity index (χ0v) is 14.8. The Kier molecular flexibility index (Phi) is 5.75. The summed E-state index contributed by atoms with van der Waals surface area (Å²) in [4.78, 5) is 12.2. The minimum atomic E-state index is -2.88. The predicted molar refractivity (Wildman–Crippen MR) is 88.5 cm³/mol. The summed E-state index contributed by atoms with van der Waals surface area (Å²) in [6.07, 6.45) is 4.51. The molecular weight excluding hydrogens is 300 g/mol. The summed E-state index contributed by atoms with van der Waals surface area (Å²) >= 11 is 0. The van der Waals surface area contributed by atoms with Gasteiger partial charge in [0.2, 0.25) is 0 Å². The molecule has 2 aliphatic rings. The van der Waals surface area contributed by atoms with E-state index in [0.29, 0.717) is 30.6 Å². The number of amides is 2. The van der Waals surface area contributed by atoms with E-state index < -0.39 is 9.84 Å². The number of hydrogen-bond acceptors (Lipinski definition) is 3. The highest BCUT2D eigenvalue weighted by atomic mass is 32.2. The maximum atomic E-state index is 12.2. The second-order valence-corrected chi connectivity index (χ2v) is 9.78. The molecule has 3 unspecified atom stereocenters. The van der Waals surface area contributed by atoms with E-state index in [9.17, 15) is 13.2 Å². The SMILES string of the molecule is CC1CCC(C(C)C)C(NC(=O)NC2CCS(=O)(=O)CC2)C1. The quantitative estimate of drug-likeness (QED) is 0.834. The van der Waals surface area contributed by atoms with Crippen LogP contribution in [0.25, 0.3) is 0 Å². The van der Waals surface area contributed by atoms with Gasteiger partial charge in [0.05, 0.1) is 11.5 Å². The van der Waals surface area contributed by atoms with Gasteiger partial charge in [0, 0.05) is 12.1 Å². The summed E-state index contributed by atoms with van der Waals surface area (Å²) in [7, 11) is -2.88. The van der Waals surface area contributed by atoms with Gasteiger partial charge in [-0.25, -0.2) is 13.2 Å². The van der Waals surface area contributed by atoms with Crippen LogP contribution < -0.4 is 10.6 Å². The molecule has 22 heavy (non-hydrogen) atoms. The standard InChI is InChI=1S/C16H30N2O3S/c1-11(2)14-5-4-12(3)10-15(14)18-16(19)17-13-6-8-22(20,21)9-7-13/h11-15H,4-10H2,1-3H3,(H2,17,18,19). The van der Waals surface area contributed by atoms with Crippen molar-refractivity contribution >= 4 is 15.9 Å². The van der Waals surface area contributed by atoms with E-state index in [1.54, 1.807) is 0 Å². The van der Waals surface area contributed by atoms with Crippen molar-refractivity contribution in [1.82, 2.24) is 10.6 Å². The number of urea groups is 1. The Balaban J connectivity index is 1.85. The summed E-state index contributed by atoms with van der Waals surface area (Å²) in [6, 6.07) is 0.0900. The molecule has 2 fully saturated rings. The summed E-state index contributed by atoms with van der Waals surface area (Å²) in [5, 5.41) is 6.11. The molecule has 0 radical (unpaired) electrons. The second-order valence-electron chi connectivity index (χ2n) is 7.48. The van der Waals surface area contributed by atoms with Crippen LogP contribution in [0, 0.1) is 17.8 Å². The molecule has 0 aromatic rings. The zero-order chi connectivity index (χ0) is 16.3. The minimum Gasteiger partial charge on any atom is -0.335 e. The smallest absolute Gasteiger partial charge is 0.315 e. The Hall–Kier alpha value is -0.780. The van der Waals surface area contributed by atoms with Gasteiger partial charge in [-0.2, -0.15) is 0 Å². The van der Waals surface area contributed by atoms with Crippen LogP contribution in [0.1, 0.15) is 52.9 Å². The van der Waals surface area contributed by atoms with Crippen LogP contribution in [0.15, 0.2) is 0 Å². The van der Waals surface area contributed by atoms with Crippen molar-refractivity contribution in [2.75, 3.05) is 11.5 Å². The first kappa shape index (κ1) is 17.6. The molecule has 2 rings (SSSR count). The van der Waals surface area contributed by atoms with Gasteiger partial charge < -0.3 is 10.6 Å². The molecular formula is C16H30N2O3S. The van der Waals surface area contributed by atoms with Crippen LogP contribution in [0.4, 0.5) is 4.79 Å². The van der Waals surface area contributed by atoms with Crippen molar-refractivity contribution in [2.24, 2.45) is 17.8 Å². The number of hydrogen-bond donors (Lipinski definition) is 2. The third kappa shape index (κ3) is 4.86. The molecule has 1 heterocycles. The van der Waals surface area contributed by atoms with Gasteiger partial charge in [0.25, 0.3) is 0 Å². The van der Waals surface area contributed by atoms with Gasteiger partial charge in [-0.05, 0) is 43.4 Å². The highest BCUT2D eigenvalue weighted by Crippen LogP contribution is 2.33. The highest BCUT2D eigenvalue weighted by Gasteiger charge is 2.32. The fraction of sp³-hybridized carbons (Fsp3) is 0.938. The highest BCUT2D eigenvalue weighted by molar-refractivity contribution is 7.91. The Morgan fingerprint density at radius 1 is 1.05 bits per heavy atom. The summed E-state index contributed by atoms with van der Waals surface area (Å²) in [5.41, 5.74) is 0. The zero-order valence-electron chi connectivity index (χ0n) is 14.0. The average Bonchev–Trinajstić information content (AvgIpc) is 2.41. The molecule has 1 saturated heterocycles. The molecule has 1 aliphatic heterocycles. The predicted octanol–water partition coefficient (Wildman–Crippen LogP) is 2.32. The van der Waals surface area contributed by atoms with Crippen LogP contribution in [0.2, 0.25) is 0 Å². The first-order valence-electron chi connectivity index (χ1n) is 8.54.